The highest BCUT2D eigenvalue weighted by Gasteiger charge is 2.31. The Morgan fingerprint density at radius 1 is 1.00 bits per heavy atom. The number of hydrogen-bond acceptors (Lipinski definition) is 8. The number of nitrogens with one attached hydrogen (secondary N) is 4. The first-order valence-corrected chi connectivity index (χ1v) is 12.6. The summed E-state index contributed by atoms with van der Waals surface area (Å²) in [7, 11) is 0. The zero-order valence-corrected chi connectivity index (χ0v) is 22.0. The van der Waals surface area contributed by atoms with Gasteiger partial charge in [-0.15, -0.1) is 0 Å². The summed E-state index contributed by atoms with van der Waals surface area (Å²) >= 11 is 0. The van der Waals surface area contributed by atoms with Gasteiger partial charge in [0, 0.05) is 24.9 Å². The molecule has 0 radical (unpaired) electrons. The number of carbonyl (C=O) groups is 4. The molecule has 0 aliphatic carbocycles. The van der Waals surface area contributed by atoms with Crippen molar-refractivity contribution < 1.29 is 24.3 Å². The number of carbonyl (C=O) groups excluding carboxylic acids is 3. The summed E-state index contributed by atoms with van der Waals surface area (Å²) in [5.74, 6) is -3.46. The van der Waals surface area contributed by atoms with Gasteiger partial charge in [-0.05, 0) is 44.6 Å². The van der Waals surface area contributed by atoms with Gasteiger partial charge in [-0.1, -0.05) is 13.8 Å². The van der Waals surface area contributed by atoms with Gasteiger partial charge in [0.05, 0.1) is 12.4 Å². The number of carboxylic acid groups (broad SMARTS) is 1. The van der Waals surface area contributed by atoms with E-state index in [-0.39, 0.29) is 31.1 Å². The molecule has 1 heterocycles. The van der Waals surface area contributed by atoms with Crippen molar-refractivity contribution in [3.63, 3.8) is 0 Å². The molecule has 0 aromatic carbocycles. The van der Waals surface area contributed by atoms with Gasteiger partial charge in [-0.2, -0.15) is 0 Å². The number of amides is 3. The smallest absolute Gasteiger partial charge is 0.326 e. The van der Waals surface area contributed by atoms with Crippen molar-refractivity contribution in [3.05, 3.63) is 18.2 Å². The zero-order valence-electron chi connectivity index (χ0n) is 22.0. The fourth-order valence-corrected chi connectivity index (χ4v) is 3.56. The number of guanidine groups is 1. The minimum absolute atomic E-state index is 0.0547. The third kappa shape index (κ3) is 12.0. The van der Waals surface area contributed by atoms with Gasteiger partial charge in [0.2, 0.25) is 17.7 Å². The van der Waals surface area contributed by atoms with E-state index in [1.54, 1.807) is 13.8 Å². The maximum absolute atomic E-state index is 13.3. The van der Waals surface area contributed by atoms with Crippen LogP contribution in [0.3, 0.4) is 0 Å². The monoisotopic (exact) mass is 538 g/mol. The summed E-state index contributed by atoms with van der Waals surface area (Å²) in [4.78, 5) is 61.3. The standard InChI is InChI=1S/C23H42N10O5/c1-13(2)18(22(37)38)33-20(35)16(7-3-4-8-24)31-21(36)17(10-14-11-28-12-30-14)32-19(34)15(25)6-5-9-29-23(26)27/h11-13,15-18H,3-10,24-25H2,1-2H3,(H,28,30)(H,31,36)(H,32,34)(H,33,35)(H,37,38)(H4,26,27,29). The highest BCUT2D eigenvalue weighted by Crippen LogP contribution is 2.08. The molecule has 4 atom stereocenters. The number of aromatic amines is 1. The number of unbranched alkanes of at least 4 members (excludes halogenated alkanes) is 1. The van der Waals surface area contributed by atoms with Crippen LogP contribution in [0.1, 0.15) is 51.6 Å². The fourth-order valence-electron chi connectivity index (χ4n) is 3.56. The van der Waals surface area contributed by atoms with Gasteiger partial charge in [-0.3, -0.25) is 19.4 Å². The van der Waals surface area contributed by atoms with Gasteiger partial charge in [0.15, 0.2) is 5.96 Å². The van der Waals surface area contributed by atoms with Gasteiger partial charge < -0.3 is 49.0 Å². The van der Waals surface area contributed by atoms with Crippen LogP contribution in [0.25, 0.3) is 0 Å². The molecule has 3 amide bonds. The molecule has 0 saturated carbocycles. The Morgan fingerprint density at radius 3 is 2.21 bits per heavy atom. The summed E-state index contributed by atoms with van der Waals surface area (Å²) in [6.07, 6.45) is 5.08. The predicted octanol–water partition coefficient (Wildman–Crippen LogP) is -2.34. The maximum Gasteiger partial charge on any atom is 0.326 e. The fraction of sp³-hybridized carbons (Fsp3) is 0.652. The molecule has 0 saturated heterocycles. The Morgan fingerprint density at radius 2 is 1.66 bits per heavy atom. The summed E-state index contributed by atoms with van der Waals surface area (Å²) in [6, 6.07) is -4.18. The van der Waals surface area contributed by atoms with Crippen molar-refractivity contribution in [1.29, 1.82) is 0 Å². The molecule has 15 heteroatoms. The second-order valence-electron chi connectivity index (χ2n) is 9.31. The lowest BCUT2D eigenvalue weighted by Gasteiger charge is -2.26. The zero-order chi connectivity index (χ0) is 28.7. The second-order valence-corrected chi connectivity index (χ2v) is 9.31. The first-order chi connectivity index (χ1) is 18.0. The van der Waals surface area contributed by atoms with E-state index in [0.29, 0.717) is 38.0 Å². The molecule has 1 aromatic heterocycles. The van der Waals surface area contributed by atoms with Crippen molar-refractivity contribution in [1.82, 2.24) is 25.9 Å². The first kappa shape index (κ1) is 32.3. The predicted molar refractivity (Wildman–Crippen MR) is 141 cm³/mol. The molecule has 15 nitrogen and oxygen atoms in total. The van der Waals surface area contributed by atoms with Crippen LogP contribution >= 0.6 is 0 Å². The van der Waals surface area contributed by atoms with E-state index in [4.69, 9.17) is 22.9 Å². The lowest BCUT2D eigenvalue weighted by Crippen LogP contribution is -2.58. The molecule has 1 rings (SSSR count). The third-order valence-electron chi connectivity index (χ3n) is 5.73. The summed E-state index contributed by atoms with van der Waals surface area (Å²) < 4.78 is 0. The highest BCUT2D eigenvalue weighted by atomic mass is 16.4. The number of imidazole rings is 1. The average molecular weight is 539 g/mol. The lowest BCUT2D eigenvalue weighted by atomic mass is 10.0. The van der Waals surface area contributed by atoms with Crippen LogP contribution in [0.4, 0.5) is 0 Å². The SMILES string of the molecule is CC(C)C(NC(=O)C(CCCCN)NC(=O)C(Cc1cnc[nH]1)NC(=O)C(N)CCCN=C(N)N)C(=O)O. The number of carboxylic acids is 1. The number of aromatic nitrogens is 2. The number of H-pyrrole nitrogens is 1. The molecule has 13 N–H and O–H groups in total. The molecule has 214 valence electrons. The molecule has 0 aliphatic heterocycles. The molecule has 0 fully saturated rings. The van der Waals surface area contributed by atoms with Crippen LogP contribution in [-0.4, -0.2) is 82.0 Å². The van der Waals surface area contributed by atoms with Gasteiger partial charge in [-0.25, -0.2) is 9.78 Å². The number of aliphatic carboxylic acids is 1. The van der Waals surface area contributed by atoms with Crippen molar-refractivity contribution in [2.24, 2.45) is 33.8 Å². The largest absolute Gasteiger partial charge is 0.480 e. The highest BCUT2D eigenvalue weighted by molar-refractivity contribution is 5.94. The number of rotatable bonds is 18. The summed E-state index contributed by atoms with van der Waals surface area (Å²) in [5, 5.41) is 17.2. The Balaban J connectivity index is 3.00. The molecule has 1 aromatic rings. The lowest BCUT2D eigenvalue weighted by molar-refractivity contribution is -0.143. The molecule has 0 bridgehead atoms. The van der Waals surface area contributed by atoms with Gasteiger partial charge in [0.25, 0.3) is 0 Å². The van der Waals surface area contributed by atoms with Gasteiger partial charge in [0.1, 0.15) is 18.1 Å². The van der Waals surface area contributed by atoms with Crippen molar-refractivity contribution in [3.8, 4) is 0 Å². The van der Waals surface area contributed by atoms with Crippen LogP contribution in [0.2, 0.25) is 0 Å². The Labute approximate surface area is 222 Å². The van der Waals surface area contributed by atoms with E-state index in [9.17, 15) is 24.3 Å². The minimum Gasteiger partial charge on any atom is -0.480 e. The van der Waals surface area contributed by atoms with E-state index in [0.717, 1.165) is 0 Å². The van der Waals surface area contributed by atoms with Crippen LogP contribution in [0.5, 0.6) is 0 Å². The Bertz CT molecular complexity index is 918. The number of aliphatic imine (C=N–C) groups is 1. The summed E-state index contributed by atoms with van der Waals surface area (Å²) in [5.41, 5.74) is 22.7. The topological polar surface area (TPSA) is 270 Å². The van der Waals surface area contributed by atoms with E-state index in [1.165, 1.54) is 12.5 Å². The van der Waals surface area contributed by atoms with Crippen LogP contribution in [-0.2, 0) is 25.6 Å². The molecule has 0 spiro atoms. The molecule has 0 aliphatic rings. The molecule has 38 heavy (non-hydrogen) atoms. The normalized spacial score (nSPS) is 14.1. The molecule has 4 unspecified atom stereocenters. The van der Waals surface area contributed by atoms with Crippen LogP contribution < -0.4 is 38.9 Å². The number of nitrogens with two attached hydrogens (primary N) is 4. The molecular weight excluding hydrogens is 496 g/mol. The average Bonchev–Trinajstić information content (AvgIpc) is 3.36. The third-order valence-corrected chi connectivity index (χ3v) is 5.73. The molecular formula is C23H42N10O5. The quantitative estimate of drug-likeness (QED) is 0.0545. The Hall–Kier alpha value is -3.72. The van der Waals surface area contributed by atoms with Crippen molar-refractivity contribution in [2.45, 2.75) is 76.5 Å². The van der Waals surface area contributed by atoms with Crippen molar-refractivity contribution >= 4 is 29.7 Å². The minimum atomic E-state index is -1.18. The van der Waals surface area contributed by atoms with E-state index < -0.39 is 47.9 Å². The van der Waals surface area contributed by atoms with E-state index >= 15 is 0 Å². The summed E-state index contributed by atoms with van der Waals surface area (Å²) in [6.45, 7) is 4.02. The van der Waals surface area contributed by atoms with Crippen LogP contribution in [0, 0.1) is 5.92 Å². The van der Waals surface area contributed by atoms with Gasteiger partial charge >= 0.3 is 5.97 Å². The number of hydrogen-bond donors (Lipinski definition) is 9. The van der Waals surface area contributed by atoms with Crippen molar-refractivity contribution in [2.75, 3.05) is 13.1 Å². The van der Waals surface area contributed by atoms with E-state index in [1.807, 2.05) is 0 Å². The van der Waals surface area contributed by atoms with E-state index in [2.05, 4.69) is 30.9 Å². The number of nitrogens with zero attached hydrogens (tertiary/aromatic N) is 2. The Kier molecular flexibility index (Phi) is 14.4. The maximum atomic E-state index is 13.3. The van der Waals surface area contributed by atoms with Crippen LogP contribution in [0.15, 0.2) is 17.5 Å². The second kappa shape index (κ2) is 16.9. The first-order valence-electron chi connectivity index (χ1n) is 12.6.